The van der Waals surface area contributed by atoms with Crippen molar-refractivity contribution in [2.75, 3.05) is 6.54 Å². The minimum atomic E-state index is -0.252. The highest BCUT2D eigenvalue weighted by Crippen LogP contribution is 2.30. The number of benzene rings is 1. The Balaban J connectivity index is 1.36. The van der Waals surface area contributed by atoms with Crippen molar-refractivity contribution in [1.29, 1.82) is 0 Å². The lowest BCUT2D eigenvalue weighted by atomic mass is 10.1. The highest BCUT2D eigenvalue weighted by molar-refractivity contribution is 7.99. The number of carbonyl (C=O) groups is 1. The van der Waals surface area contributed by atoms with E-state index in [2.05, 4.69) is 20.3 Å². The molecule has 158 valence electrons. The van der Waals surface area contributed by atoms with E-state index < -0.39 is 0 Å². The Kier molecular flexibility index (Phi) is 6.79. The van der Waals surface area contributed by atoms with E-state index in [9.17, 15) is 9.59 Å². The van der Waals surface area contributed by atoms with Crippen LogP contribution < -0.4 is 10.9 Å². The van der Waals surface area contributed by atoms with Gasteiger partial charge in [0, 0.05) is 29.9 Å². The third kappa shape index (κ3) is 5.21. The first kappa shape index (κ1) is 21.3. The third-order valence-corrected chi connectivity index (χ3v) is 6.88. The van der Waals surface area contributed by atoms with Gasteiger partial charge >= 0.3 is 0 Å². The molecule has 0 saturated carbocycles. The molecule has 4 rings (SSSR count). The molecule has 31 heavy (non-hydrogen) atoms. The molecule has 3 heterocycles. The normalized spacial score (nSPS) is 12.0. The van der Waals surface area contributed by atoms with Crippen molar-refractivity contribution in [3.63, 3.8) is 0 Å². The Labute approximate surface area is 188 Å². The molecule has 2 N–H and O–H groups in total. The van der Waals surface area contributed by atoms with E-state index in [0.717, 1.165) is 23.1 Å². The number of thiophene rings is 1. The maximum Gasteiger partial charge on any atom is 0.260 e. The monoisotopic (exact) mass is 450 g/mol. The Morgan fingerprint density at radius 3 is 2.84 bits per heavy atom. The quantitative estimate of drug-likeness (QED) is 0.423. The third-order valence-electron chi connectivity index (χ3n) is 4.85. The molecule has 8 heteroatoms. The molecule has 1 atom stereocenters. The molecule has 1 unspecified atom stereocenters. The minimum Gasteiger partial charge on any atom is -0.355 e. The van der Waals surface area contributed by atoms with Gasteiger partial charge < -0.3 is 10.3 Å². The van der Waals surface area contributed by atoms with Crippen LogP contribution in [0.5, 0.6) is 0 Å². The van der Waals surface area contributed by atoms with Gasteiger partial charge in [-0.15, -0.1) is 23.1 Å². The number of thioether (sulfide) groups is 1. The molecule has 4 aromatic rings. The summed E-state index contributed by atoms with van der Waals surface area (Å²) in [4.78, 5) is 37.4. The molecule has 0 saturated heterocycles. The molecule has 6 nitrogen and oxygen atoms in total. The molecule has 1 amide bonds. The molecule has 0 aliphatic rings. The number of carbonyl (C=O) groups excluding carboxylic acids is 1. The lowest BCUT2D eigenvalue weighted by Gasteiger charge is -2.11. The highest BCUT2D eigenvalue weighted by Gasteiger charge is 2.16. The average molecular weight is 451 g/mol. The number of nitrogens with one attached hydrogen (secondary N) is 2. The second-order valence-electron chi connectivity index (χ2n) is 7.06. The van der Waals surface area contributed by atoms with E-state index in [1.54, 1.807) is 12.4 Å². The first-order valence-electron chi connectivity index (χ1n) is 9.96. The number of pyridine rings is 1. The molecule has 0 radical (unpaired) electrons. The summed E-state index contributed by atoms with van der Waals surface area (Å²) in [6.45, 7) is 2.42. The summed E-state index contributed by atoms with van der Waals surface area (Å²) in [5.41, 5.74) is 2.84. The SMILES string of the molecule is CC(SCc1nc2scc(-c3ccccc3)c2c(=O)[nH]1)C(=O)NCCc1cccnc1. The second-order valence-corrected chi connectivity index (χ2v) is 9.25. The summed E-state index contributed by atoms with van der Waals surface area (Å²) < 4.78 is 0. The summed E-state index contributed by atoms with van der Waals surface area (Å²) in [6.07, 6.45) is 4.27. The standard InChI is InChI=1S/C23H22N4O2S2/c1-15(21(28)25-11-9-16-6-5-10-24-12-16)30-14-19-26-22(29)20-18(13-31-23(20)27-19)17-7-3-2-4-8-17/h2-8,10,12-13,15H,9,11,14H2,1H3,(H,25,28)(H,26,27,29). The predicted molar refractivity (Wildman–Crippen MR) is 127 cm³/mol. The maximum absolute atomic E-state index is 12.7. The van der Waals surface area contributed by atoms with Gasteiger partial charge in [-0.05, 0) is 30.5 Å². The van der Waals surface area contributed by atoms with Crippen molar-refractivity contribution in [1.82, 2.24) is 20.3 Å². The molecule has 0 bridgehead atoms. The molecule has 1 aromatic carbocycles. The van der Waals surface area contributed by atoms with Crippen LogP contribution in [0.25, 0.3) is 21.3 Å². The van der Waals surface area contributed by atoms with E-state index >= 15 is 0 Å². The Morgan fingerprint density at radius 1 is 1.23 bits per heavy atom. The first-order chi connectivity index (χ1) is 15.1. The second kappa shape index (κ2) is 9.89. The van der Waals surface area contributed by atoms with Gasteiger partial charge in [0.2, 0.25) is 5.91 Å². The molecule has 0 aliphatic carbocycles. The first-order valence-corrected chi connectivity index (χ1v) is 11.9. The number of amides is 1. The molecule has 0 aliphatic heterocycles. The fourth-order valence-corrected chi connectivity index (χ4v) is 4.94. The van der Waals surface area contributed by atoms with E-state index in [1.807, 2.05) is 54.8 Å². The largest absolute Gasteiger partial charge is 0.355 e. The van der Waals surface area contributed by atoms with Crippen molar-refractivity contribution in [2.45, 2.75) is 24.3 Å². The maximum atomic E-state index is 12.7. The van der Waals surface area contributed by atoms with Crippen LogP contribution in [0.1, 0.15) is 18.3 Å². The zero-order valence-corrected chi connectivity index (χ0v) is 18.6. The van der Waals surface area contributed by atoms with Crippen molar-refractivity contribution in [2.24, 2.45) is 0 Å². The molecule has 0 spiro atoms. The van der Waals surface area contributed by atoms with Gasteiger partial charge in [-0.2, -0.15) is 0 Å². The number of aromatic nitrogens is 3. The summed E-state index contributed by atoms with van der Waals surface area (Å²) in [5.74, 6) is 1.01. The van der Waals surface area contributed by atoms with Gasteiger partial charge in [-0.25, -0.2) is 4.98 Å². The number of nitrogens with zero attached hydrogens (tertiary/aromatic N) is 2. The zero-order chi connectivity index (χ0) is 21.6. The van der Waals surface area contributed by atoms with Crippen LogP contribution in [0.2, 0.25) is 0 Å². The van der Waals surface area contributed by atoms with Crippen LogP contribution in [0.15, 0.2) is 65.0 Å². The van der Waals surface area contributed by atoms with Crippen molar-refractivity contribution in [3.8, 4) is 11.1 Å². The summed E-state index contributed by atoms with van der Waals surface area (Å²) in [5, 5.41) is 5.29. The summed E-state index contributed by atoms with van der Waals surface area (Å²) in [7, 11) is 0. The van der Waals surface area contributed by atoms with Crippen LogP contribution >= 0.6 is 23.1 Å². The van der Waals surface area contributed by atoms with Crippen LogP contribution in [0.4, 0.5) is 0 Å². The van der Waals surface area contributed by atoms with Gasteiger partial charge in [-0.3, -0.25) is 14.6 Å². The number of aromatic amines is 1. The fourth-order valence-electron chi connectivity index (χ4n) is 3.19. The van der Waals surface area contributed by atoms with Crippen LogP contribution in [-0.4, -0.2) is 32.7 Å². The molecule has 3 aromatic heterocycles. The Hall–Kier alpha value is -2.97. The van der Waals surface area contributed by atoms with E-state index in [4.69, 9.17) is 0 Å². The molecule has 0 fully saturated rings. The zero-order valence-electron chi connectivity index (χ0n) is 17.0. The average Bonchev–Trinajstić information content (AvgIpc) is 3.23. The number of rotatable bonds is 8. The lowest BCUT2D eigenvalue weighted by molar-refractivity contribution is -0.120. The molecular weight excluding hydrogens is 428 g/mol. The minimum absolute atomic E-state index is 0.0280. The van der Waals surface area contributed by atoms with Crippen LogP contribution in [0, 0.1) is 0 Å². The number of fused-ring (bicyclic) bond motifs is 1. The smallest absolute Gasteiger partial charge is 0.260 e. The van der Waals surface area contributed by atoms with Gasteiger partial charge in [0.25, 0.3) is 5.56 Å². The summed E-state index contributed by atoms with van der Waals surface area (Å²) >= 11 is 2.91. The van der Waals surface area contributed by atoms with E-state index in [1.165, 1.54) is 23.1 Å². The lowest BCUT2D eigenvalue weighted by Crippen LogP contribution is -2.32. The van der Waals surface area contributed by atoms with Crippen LogP contribution in [0.3, 0.4) is 0 Å². The van der Waals surface area contributed by atoms with Crippen molar-refractivity contribution >= 4 is 39.2 Å². The highest BCUT2D eigenvalue weighted by atomic mass is 32.2. The number of hydrogen-bond acceptors (Lipinski definition) is 6. The number of hydrogen-bond donors (Lipinski definition) is 2. The van der Waals surface area contributed by atoms with E-state index in [0.29, 0.717) is 28.3 Å². The Bertz CT molecular complexity index is 1220. The van der Waals surface area contributed by atoms with Gasteiger partial charge in [0.05, 0.1) is 16.4 Å². The fraction of sp³-hybridized carbons (Fsp3) is 0.217. The van der Waals surface area contributed by atoms with Gasteiger partial charge in [0.15, 0.2) is 0 Å². The van der Waals surface area contributed by atoms with E-state index in [-0.39, 0.29) is 16.7 Å². The predicted octanol–water partition coefficient (Wildman–Crippen LogP) is 4.03. The van der Waals surface area contributed by atoms with Crippen molar-refractivity contribution in [3.05, 3.63) is 82.0 Å². The van der Waals surface area contributed by atoms with Gasteiger partial charge in [0.1, 0.15) is 10.7 Å². The topological polar surface area (TPSA) is 87.7 Å². The summed E-state index contributed by atoms with van der Waals surface area (Å²) in [6, 6.07) is 13.7. The van der Waals surface area contributed by atoms with Crippen molar-refractivity contribution < 1.29 is 4.79 Å². The number of H-pyrrole nitrogens is 1. The molecular formula is C23H22N4O2S2. The van der Waals surface area contributed by atoms with Gasteiger partial charge in [-0.1, -0.05) is 36.4 Å². The Morgan fingerprint density at radius 2 is 2.06 bits per heavy atom. The van der Waals surface area contributed by atoms with Crippen LogP contribution in [-0.2, 0) is 17.0 Å².